The maximum atomic E-state index is 11.8. The summed E-state index contributed by atoms with van der Waals surface area (Å²) in [7, 11) is 0. The minimum absolute atomic E-state index is 0.0577. The SMILES string of the molecule is CCCC(=O)NCc1cc(-c2cccs2)cc2ccc(O)cc12. The zero-order chi connectivity index (χ0) is 16.2. The number of phenolic OH excluding ortho intramolecular Hbond substituents is 1. The van der Waals surface area contributed by atoms with Gasteiger partial charge in [0.15, 0.2) is 0 Å². The van der Waals surface area contributed by atoms with Gasteiger partial charge in [-0.1, -0.05) is 19.1 Å². The van der Waals surface area contributed by atoms with Crippen LogP contribution in [0.4, 0.5) is 0 Å². The second kappa shape index (κ2) is 6.84. The predicted octanol–water partition coefficient (Wildman–Crippen LogP) is 4.69. The van der Waals surface area contributed by atoms with Gasteiger partial charge in [0.1, 0.15) is 5.75 Å². The van der Waals surface area contributed by atoms with Crippen molar-refractivity contribution in [2.75, 3.05) is 0 Å². The lowest BCUT2D eigenvalue weighted by Crippen LogP contribution is -2.22. The van der Waals surface area contributed by atoms with E-state index in [-0.39, 0.29) is 11.7 Å². The van der Waals surface area contributed by atoms with Crippen molar-refractivity contribution < 1.29 is 9.90 Å². The summed E-state index contributed by atoms with van der Waals surface area (Å²) in [6.45, 7) is 2.46. The molecule has 0 aliphatic heterocycles. The fourth-order valence-electron chi connectivity index (χ4n) is 2.66. The van der Waals surface area contributed by atoms with Crippen molar-refractivity contribution in [2.24, 2.45) is 0 Å². The van der Waals surface area contributed by atoms with E-state index < -0.39 is 0 Å². The molecular weight excluding hydrogens is 306 g/mol. The third-order valence-corrected chi connectivity index (χ3v) is 4.70. The predicted molar refractivity (Wildman–Crippen MR) is 95.7 cm³/mol. The molecular formula is C19H19NO2S. The summed E-state index contributed by atoms with van der Waals surface area (Å²) >= 11 is 1.69. The summed E-state index contributed by atoms with van der Waals surface area (Å²) in [4.78, 5) is 13.0. The number of phenols is 1. The normalized spacial score (nSPS) is 10.8. The molecule has 1 heterocycles. The Kier molecular flexibility index (Phi) is 4.63. The van der Waals surface area contributed by atoms with Gasteiger partial charge in [-0.3, -0.25) is 4.79 Å². The van der Waals surface area contributed by atoms with Crippen molar-refractivity contribution in [3.05, 3.63) is 53.4 Å². The van der Waals surface area contributed by atoms with Crippen LogP contribution >= 0.6 is 11.3 Å². The van der Waals surface area contributed by atoms with E-state index in [2.05, 4.69) is 28.9 Å². The zero-order valence-corrected chi connectivity index (χ0v) is 13.8. The first-order chi connectivity index (χ1) is 11.2. The number of carbonyl (C=O) groups is 1. The minimum atomic E-state index is 0.0577. The van der Waals surface area contributed by atoms with Crippen LogP contribution in [0.1, 0.15) is 25.3 Å². The summed E-state index contributed by atoms with van der Waals surface area (Å²) in [5.74, 6) is 0.296. The Morgan fingerprint density at radius 2 is 2.09 bits per heavy atom. The van der Waals surface area contributed by atoms with Gasteiger partial charge in [0.2, 0.25) is 5.91 Å². The van der Waals surface area contributed by atoms with Crippen LogP contribution < -0.4 is 5.32 Å². The molecule has 4 heteroatoms. The number of thiophene rings is 1. The molecule has 0 unspecified atom stereocenters. The Morgan fingerprint density at radius 3 is 2.83 bits per heavy atom. The number of hydrogen-bond donors (Lipinski definition) is 2. The number of nitrogens with one attached hydrogen (secondary N) is 1. The number of benzene rings is 2. The van der Waals surface area contributed by atoms with Gasteiger partial charge in [0.05, 0.1) is 0 Å². The number of hydrogen-bond acceptors (Lipinski definition) is 3. The van der Waals surface area contributed by atoms with Gasteiger partial charge in [-0.25, -0.2) is 0 Å². The lowest BCUT2D eigenvalue weighted by atomic mass is 9.99. The molecule has 0 bridgehead atoms. The molecule has 118 valence electrons. The molecule has 0 aliphatic rings. The van der Waals surface area contributed by atoms with Crippen molar-refractivity contribution in [3.63, 3.8) is 0 Å². The number of fused-ring (bicyclic) bond motifs is 1. The Balaban J connectivity index is 2.02. The van der Waals surface area contributed by atoms with Gasteiger partial charge in [-0.2, -0.15) is 0 Å². The second-order valence-corrected chi connectivity index (χ2v) is 6.49. The highest BCUT2D eigenvalue weighted by molar-refractivity contribution is 7.13. The average Bonchev–Trinajstić information content (AvgIpc) is 3.07. The molecule has 3 aromatic rings. The van der Waals surface area contributed by atoms with Crippen molar-refractivity contribution in [2.45, 2.75) is 26.3 Å². The lowest BCUT2D eigenvalue weighted by Gasteiger charge is -2.11. The number of carbonyl (C=O) groups excluding carboxylic acids is 1. The molecule has 0 atom stereocenters. The van der Waals surface area contributed by atoms with Crippen LogP contribution in [0, 0.1) is 0 Å². The molecule has 0 fully saturated rings. The third kappa shape index (κ3) is 3.54. The standard InChI is InChI=1S/C19H19NO2S/c1-2-4-19(22)20-12-15-10-14(18-5-3-8-23-18)9-13-6-7-16(21)11-17(13)15/h3,5-11,21H,2,4,12H2,1H3,(H,20,22). The fraction of sp³-hybridized carbons (Fsp3) is 0.211. The Morgan fingerprint density at radius 1 is 1.22 bits per heavy atom. The summed E-state index contributed by atoms with van der Waals surface area (Å²) in [5.41, 5.74) is 2.16. The van der Waals surface area contributed by atoms with E-state index in [4.69, 9.17) is 0 Å². The van der Waals surface area contributed by atoms with Crippen molar-refractivity contribution in [3.8, 4) is 16.2 Å². The van der Waals surface area contributed by atoms with E-state index >= 15 is 0 Å². The third-order valence-electron chi connectivity index (χ3n) is 3.78. The molecule has 2 aromatic carbocycles. The summed E-state index contributed by atoms with van der Waals surface area (Å²) in [6.07, 6.45) is 1.37. The monoisotopic (exact) mass is 325 g/mol. The van der Waals surface area contributed by atoms with E-state index in [1.54, 1.807) is 23.5 Å². The molecule has 0 saturated heterocycles. The van der Waals surface area contributed by atoms with Crippen molar-refractivity contribution in [1.82, 2.24) is 5.32 Å². The van der Waals surface area contributed by atoms with E-state index in [0.717, 1.165) is 28.3 Å². The van der Waals surface area contributed by atoms with Crippen LogP contribution in [-0.4, -0.2) is 11.0 Å². The first kappa shape index (κ1) is 15.6. The van der Waals surface area contributed by atoms with Gasteiger partial charge in [0.25, 0.3) is 0 Å². The molecule has 3 rings (SSSR count). The zero-order valence-electron chi connectivity index (χ0n) is 13.0. The van der Waals surface area contributed by atoms with Gasteiger partial charge < -0.3 is 10.4 Å². The van der Waals surface area contributed by atoms with Crippen LogP contribution in [0.25, 0.3) is 21.2 Å². The van der Waals surface area contributed by atoms with Gasteiger partial charge in [-0.15, -0.1) is 11.3 Å². The van der Waals surface area contributed by atoms with E-state index in [0.29, 0.717) is 13.0 Å². The van der Waals surface area contributed by atoms with Gasteiger partial charge in [0, 0.05) is 17.8 Å². The Bertz CT molecular complexity index is 825. The second-order valence-electron chi connectivity index (χ2n) is 5.54. The summed E-state index contributed by atoms with van der Waals surface area (Å²) in [6, 6.07) is 13.7. The van der Waals surface area contributed by atoms with Gasteiger partial charge >= 0.3 is 0 Å². The van der Waals surface area contributed by atoms with Crippen LogP contribution in [0.2, 0.25) is 0 Å². The summed E-state index contributed by atoms with van der Waals surface area (Å²) < 4.78 is 0. The van der Waals surface area contributed by atoms with Crippen molar-refractivity contribution in [1.29, 1.82) is 0 Å². The first-order valence-corrected chi connectivity index (χ1v) is 8.61. The van der Waals surface area contributed by atoms with Crippen LogP contribution in [-0.2, 0) is 11.3 Å². The highest BCUT2D eigenvalue weighted by Crippen LogP contribution is 2.32. The number of rotatable bonds is 5. The largest absolute Gasteiger partial charge is 0.508 e. The van der Waals surface area contributed by atoms with Crippen LogP contribution in [0.3, 0.4) is 0 Å². The molecule has 1 amide bonds. The summed E-state index contributed by atoms with van der Waals surface area (Å²) in [5, 5.41) is 16.8. The van der Waals surface area contributed by atoms with Crippen molar-refractivity contribution >= 4 is 28.0 Å². The lowest BCUT2D eigenvalue weighted by molar-refractivity contribution is -0.121. The maximum Gasteiger partial charge on any atom is 0.220 e. The smallest absolute Gasteiger partial charge is 0.220 e. The number of aromatic hydroxyl groups is 1. The highest BCUT2D eigenvalue weighted by atomic mass is 32.1. The molecule has 3 nitrogen and oxygen atoms in total. The topological polar surface area (TPSA) is 49.3 Å². The highest BCUT2D eigenvalue weighted by Gasteiger charge is 2.09. The van der Waals surface area contributed by atoms with Crippen LogP contribution in [0.5, 0.6) is 5.75 Å². The quantitative estimate of drug-likeness (QED) is 0.715. The average molecular weight is 325 g/mol. The molecule has 0 spiro atoms. The van der Waals surface area contributed by atoms with Crippen LogP contribution in [0.15, 0.2) is 47.8 Å². The molecule has 0 aliphatic carbocycles. The molecule has 1 aromatic heterocycles. The molecule has 23 heavy (non-hydrogen) atoms. The van der Waals surface area contributed by atoms with E-state index in [1.807, 2.05) is 19.1 Å². The first-order valence-electron chi connectivity index (χ1n) is 7.73. The molecule has 0 saturated carbocycles. The molecule has 2 N–H and O–H groups in total. The maximum absolute atomic E-state index is 11.8. The Hall–Kier alpha value is -2.33. The number of amides is 1. The van der Waals surface area contributed by atoms with Gasteiger partial charge in [-0.05, 0) is 64.0 Å². The Labute approximate surface area is 139 Å². The van der Waals surface area contributed by atoms with E-state index in [1.165, 1.54) is 4.88 Å². The molecule has 0 radical (unpaired) electrons. The van der Waals surface area contributed by atoms with E-state index in [9.17, 15) is 9.90 Å². The minimum Gasteiger partial charge on any atom is -0.508 e. The fourth-order valence-corrected chi connectivity index (χ4v) is 3.38.